The van der Waals surface area contributed by atoms with Crippen LogP contribution in [0.4, 0.5) is 10.5 Å². The molecule has 0 aliphatic heterocycles. The number of ether oxygens (including phenoxy) is 1. The van der Waals surface area contributed by atoms with E-state index in [4.69, 9.17) is 11.2 Å². The van der Waals surface area contributed by atoms with Crippen LogP contribution in [0.25, 0.3) is 0 Å². The second-order valence-corrected chi connectivity index (χ2v) is 4.00. The predicted octanol–water partition coefficient (Wildman–Crippen LogP) is 3.82. The molecule has 0 spiro atoms. The molecule has 0 unspecified atom stereocenters. The van der Waals surface area contributed by atoms with Crippen molar-refractivity contribution in [3.8, 4) is 12.3 Å². The summed E-state index contributed by atoms with van der Waals surface area (Å²) in [4.78, 5) is 11.4. The molecule has 0 atom stereocenters. The van der Waals surface area contributed by atoms with Gasteiger partial charge in [0.25, 0.3) is 0 Å². The average molecular weight is 245 g/mol. The quantitative estimate of drug-likeness (QED) is 0.586. The highest BCUT2D eigenvalue weighted by molar-refractivity contribution is 5.84. The summed E-state index contributed by atoms with van der Waals surface area (Å²) in [6.45, 7) is 0.453. The first-order chi connectivity index (χ1) is 8.83. The van der Waals surface area contributed by atoms with Gasteiger partial charge in [-0.15, -0.1) is 12.3 Å². The lowest BCUT2D eigenvalue weighted by molar-refractivity contribution is 0.159. The van der Waals surface area contributed by atoms with Gasteiger partial charge in [-0.05, 0) is 25.0 Å². The largest absolute Gasteiger partial charge is 0.449 e. The molecule has 1 rings (SSSR count). The standard InChI is InChI=1S/C15H19NO2/c1-2-3-4-5-6-10-13-18-15(17)16-14-11-8-7-9-12-14/h1,7-9,11-12H,3-6,10,13H2,(H,16,17). The van der Waals surface area contributed by atoms with Crippen molar-refractivity contribution in [1.82, 2.24) is 0 Å². The van der Waals surface area contributed by atoms with Crippen molar-refractivity contribution in [3.63, 3.8) is 0 Å². The fourth-order valence-corrected chi connectivity index (χ4v) is 1.52. The second kappa shape index (κ2) is 9.12. The molecule has 0 aromatic heterocycles. The number of unbranched alkanes of at least 4 members (excludes halogenated alkanes) is 4. The van der Waals surface area contributed by atoms with E-state index in [0.717, 1.165) is 37.8 Å². The minimum atomic E-state index is -0.398. The van der Waals surface area contributed by atoms with Crippen LogP contribution in [-0.2, 0) is 4.74 Å². The Kier molecular flexibility index (Phi) is 7.15. The molecule has 0 fully saturated rings. The molecule has 3 heteroatoms. The predicted molar refractivity (Wildman–Crippen MR) is 73.3 cm³/mol. The SMILES string of the molecule is C#CCCCCCCOC(=O)Nc1ccccc1. The van der Waals surface area contributed by atoms with Gasteiger partial charge in [0.15, 0.2) is 0 Å². The Bertz CT molecular complexity index is 381. The van der Waals surface area contributed by atoms with Crippen molar-refractivity contribution >= 4 is 11.8 Å². The van der Waals surface area contributed by atoms with E-state index in [9.17, 15) is 4.79 Å². The Morgan fingerprint density at radius 3 is 2.61 bits per heavy atom. The van der Waals surface area contributed by atoms with Gasteiger partial charge in [-0.2, -0.15) is 0 Å². The topological polar surface area (TPSA) is 38.3 Å². The summed E-state index contributed by atoms with van der Waals surface area (Å²) >= 11 is 0. The Balaban J connectivity index is 2.02. The van der Waals surface area contributed by atoms with Crippen LogP contribution in [-0.4, -0.2) is 12.7 Å². The highest BCUT2D eigenvalue weighted by atomic mass is 16.5. The maximum atomic E-state index is 11.4. The number of terminal acetylenes is 1. The summed E-state index contributed by atoms with van der Waals surface area (Å²) in [6.07, 6.45) is 9.65. The van der Waals surface area contributed by atoms with Crippen LogP contribution in [0.5, 0.6) is 0 Å². The summed E-state index contributed by atoms with van der Waals surface area (Å²) in [5.74, 6) is 2.61. The smallest absolute Gasteiger partial charge is 0.411 e. The molecular weight excluding hydrogens is 226 g/mol. The summed E-state index contributed by atoms with van der Waals surface area (Å²) in [7, 11) is 0. The van der Waals surface area contributed by atoms with Gasteiger partial charge in [-0.3, -0.25) is 5.32 Å². The zero-order chi connectivity index (χ0) is 13.1. The second-order valence-electron chi connectivity index (χ2n) is 4.00. The molecule has 0 bridgehead atoms. The van der Waals surface area contributed by atoms with Crippen molar-refractivity contribution in [2.24, 2.45) is 0 Å². The van der Waals surface area contributed by atoms with E-state index >= 15 is 0 Å². The Morgan fingerprint density at radius 1 is 1.17 bits per heavy atom. The summed E-state index contributed by atoms with van der Waals surface area (Å²) < 4.78 is 5.06. The molecule has 0 aliphatic rings. The average Bonchev–Trinajstić information content (AvgIpc) is 2.39. The van der Waals surface area contributed by atoms with Crippen LogP contribution >= 0.6 is 0 Å². The minimum Gasteiger partial charge on any atom is -0.449 e. The molecular formula is C15H19NO2. The number of para-hydroxylation sites is 1. The number of anilines is 1. The molecule has 0 radical (unpaired) electrons. The summed E-state index contributed by atoms with van der Waals surface area (Å²) in [6, 6.07) is 9.26. The number of carbonyl (C=O) groups is 1. The van der Waals surface area contributed by atoms with E-state index < -0.39 is 6.09 Å². The molecule has 96 valence electrons. The monoisotopic (exact) mass is 245 g/mol. The first-order valence-corrected chi connectivity index (χ1v) is 6.25. The number of hydrogen-bond acceptors (Lipinski definition) is 2. The summed E-state index contributed by atoms with van der Waals surface area (Å²) in [5, 5.41) is 2.67. The van der Waals surface area contributed by atoms with Crippen molar-refractivity contribution in [2.75, 3.05) is 11.9 Å². The minimum absolute atomic E-state index is 0.398. The molecule has 1 aromatic rings. The zero-order valence-corrected chi connectivity index (χ0v) is 10.5. The third-order valence-corrected chi connectivity index (χ3v) is 2.47. The van der Waals surface area contributed by atoms with E-state index in [1.54, 1.807) is 0 Å². The van der Waals surface area contributed by atoms with E-state index in [0.29, 0.717) is 6.61 Å². The Morgan fingerprint density at radius 2 is 1.89 bits per heavy atom. The first kappa shape index (κ1) is 14.1. The van der Waals surface area contributed by atoms with E-state index in [2.05, 4.69) is 11.2 Å². The molecule has 1 aromatic carbocycles. The van der Waals surface area contributed by atoms with Crippen LogP contribution in [0.15, 0.2) is 30.3 Å². The molecule has 1 N–H and O–H groups in total. The van der Waals surface area contributed by atoms with Crippen molar-refractivity contribution in [3.05, 3.63) is 30.3 Å². The van der Waals surface area contributed by atoms with Gasteiger partial charge in [0.1, 0.15) is 0 Å². The first-order valence-electron chi connectivity index (χ1n) is 6.25. The summed E-state index contributed by atoms with van der Waals surface area (Å²) in [5.41, 5.74) is 0.747. The van der Waals surface area contributed by atoms with Gasteiger partial charge >= 0.3 is 6.09 Å². The molecule has 0 aliphatic carbocycles. The van der Waals surface area contributed by atoms with E-state index in [-0.39, 0.29) is 0 Å². The molecule has 0 saturated heterocycles. The van der Waals surface area contributed by atoms with Gasteiger partial charge in [0, 0.05) is 12.1 Å². The van der Waals surface area contributed by atoms with Crippen LogP contribution < -0.4 is 5.32 Å². The number of benzene rings is 1. The third kappa shape index (κ3) is 6.59. The lowest BCUT2D eigenvalue weighted by Crippen LogP contribution is -2.14. The lowest BCUT2D eigenvalue weighted by atomic mass is 10.1. The number of amides is 1. The Hall–Kier alpha value is -1.95. The maximum absolute atomic E-state index is 11.4. The molecule has 0 heterocycles. The molecule has 18 heavy (non-hydrogen) atoms. The van der Waals surface area contributed by atoms with Crippen molar-refractivity contribution < 1.29 is 9.53 Å². The van der Waals surface area contributed by atoms with E-state index in [1.165, 1.54) is 0 Å². The molecule has 1 amide bonds. The zero-order valence-electron chi connectivity index (χ0n) is 10.5. The number of hydrogen-bond donors (Lipinski definition) is 1. The normalized spacial score (nSPS) is 9.50. The van der Waals surface area contributed by atoms with Crippen molar-refractivity contribution in [1.29, 1.82) is 0 Å². The molecule has 0 saturated carbocycles. The van der Waals surface area contributed by atoms with Crippen LogP contribution in [0, 0.1) is 12.3 Å². The van der Waals surface area contributed by atoms with Crippen molar-refractivity contribution in [2.45, 2.75) is 32.1 Å². The van der Waals surface area contributed by atoms with Gasteiger partial charge in [0.05, 0.1) is 6.61 Å². The van der Waals surface area contributed by atoms with Crippen LogP contribution in [0.3, 0.4) is 0 Å². The fraction of sp³-hybridized carbons (Fsp3) is 0.400. The lowest BCUT2D eigenvalue weighted by Gasteiger charge is -2.06. The number of nitrogens with one attached hydrogen (secondary N) is 1. The van der Waals surface area contributed by atoms with Gasteiger partial charge in [-0.1, -0.05) is 31.0 Å². The van der Waals surface area contributed by atoms with Crippen LogP contribution in [0.1, 0.15) is 32.1 Å². The number of carbonyl (C=O) groups excluding carboxylic acids is 1. The van der Waals surface area contributed by atoms with Gasteiger partial charge < -0.3 is 4.74 Å². The third-order valence-electron chi connectivity index (χ3n) is 2.47. The maximum Gasteiger partial charge on any atom is 0.411 e. The Labute approximate surface area is 109 Å². The number of rotatable bonds is 7. The molecule has 3 nitrogen and oxygen atoms in total. The highest BCUT2D eigenvalue weighted by Crippen LogP contribution is 2.06. The van der Waals surface area contributed by atoms with Gasteiger partial charge in [-0.25, -0.2) is 4.79 Å². The van der Waals surface area contributed by atoms with Gasteiger partial charge in [0.2, 0.25) is 0 Å². The fourth-order valence-electron chi connectivity index (χ4n) is 1.52. The highest BCUT2D eigenvalue weighted by Gasteiger charge is 2.01. The van der Waals surface area contributed by atoms with Crippen LogP contribution in [0.2, 0.25) is 0 Å². The van der Waals surface area contributed by atoms with E-state index in [1.807, 2.05) is 30.3 Å².